The zero-order valence-electron chi connectivity index (χ0n) is 13.2. The summed E-state index contributed by atoms with van der Waals surface area (Å²) in [6, 6.07) is 1.83. The fraction of sp³-hybridized carbons (Fsp3) is 1.00. The zero-order chi connectivity index (χ0) is 13.3. The molecule has 2 aliphatic carbocycles. The average molecular weight is 263 g/mol. The molecule has 1 saturated heterocycles. The van der Waals surface area contributed by atoms with Gasteiger partial charge in [0.1, 0.15) is 0 Å². The highest BCUT2D eigenvalue weighted by atomic mass is 15.3. The normalized spacial score (nSPS) is 34.7. The van der Waals surface area contributed by atoms with Crippen molar-refractivity contribution in [3.63, 3.8) is 0 Å². The summed E-state index contributed by atoms with van der Waals surface area (Å²) in [7, 11) is 0. The summed E-state index contributed by atoms with van der Waals surface area (Å²) >= 11 is 0. The predicted octanol–water partition coefficient (Wildman–Crippen LogP) is 5.14. The summed E-state index contributed by atoms with van der Waals surface area (Å²) in [5.41, 5.74) is 0.457. The maximum Gasteiger partial charge on any atom is 0.0159 e. The molecule has 3 fully saturated rings. The van der Waals surface area contributed by atoms with Crippen molar-refractivity contribution in [2.24, 2.45) is 5.92 Å². The molecule has 1 heteroatoms. The second-order valence-electron chi connectivity index (χ2n) is 8.02. The van der Waals surface area contributed by atoms with Crippen molar-refractivity contribution in [1.82, 2.24) is 4.90 Å². The topological polar surface area (TPSA) is 3.24 Å². The molecule has 3 rings (SSSR count). The Hall–Kier alpha value is -0.0400. The molecule has 0 spiro atoms. The van der Waals surface area contributed by atoms with Gasteiger partial charge in [0, 0.05) is 17.6 Å². The van der Waals surface area contributed by atoms with Crippen LogP contribution in [0, 0.1) is 5.92 Å². The van der Waals surface area contributed by atoms with Gasteiger partial charge in [-0.25, -0.2) is 0 Å². The lowest BCUT2D eigenvalue weighted by Crippen LogP contribution is -2.55. The molecule has 1 aliphatic heterocycles. The second kappa shape index (κ2) is 5.76. The van der Waals surface area contributed by atoms with Crippen molar-refractivity contribution in [2.75, 3.05) is 0 Å². The van der Waals surface area contributed by atoms with E-state index in [1.165, 1.54) is 77.0 Å². The number of rotatable bonds is 2. The molecule has 0 N–H and O–H groups in total. The lowest BCUT2D eigenvalue weighted by atomic mass is 9.88. The Morgan fingerprint density at radius 1 is 0.737 bits per heavy atom. The number of likely N-dealkylation sites (tertiary alicyclic amines) is 1. The van der Waals surface area contributed by atoms with Gasteiger partial charge in [0.05, 0.1) is 0 Å². The van der Waals surface area contributed by atoms with E-state index in [2.05, 4.69) is 18.7 Å². The van der Waals surface area contributed by atoms with E-state index in [0.717, 1.165) is 18.0 Å². The summed E-state index contributed by atoms with van der Waals surface area (Å²) in [4.78, 5) is 3.04. The van der Waals surface area contributed by atoms with Crippen molar-refractivity contribution < 1.29 is 0 Å². The molecule has 1 unspecified atom stereocenters. The van der Waals surface area contributed by atoms with Crippen molar-refractivity contribution in [1.29, 1.82) is 0 Å². The molecule has 0 bridgehead atoms. The zero-order valence-corrected chi connectivity index (χ0v) is 13.2. The molecule has 3 aliphatic rings. The Morgan fingerprint density at radius 3 is 2.00 bits per heavy atom. The van der Waals surface area contributed by atoms with Crippen molar-refractivity contribution >= 4 is 0 Å². The third-order valence-electron chi connectivity index (χ3n) is 6.26. The van der Waals surface area contributed by atoms with Crippen LogP contribution in [0.4, 0.5) is 0 Å². The maximum absolute atomic E-state index is 3.04. The van der Waals surface area contributed by atoms with Gasteiger partial charge in [-0.05, 0) is 58.3 Å². The van der Waals surface area contributed by atoms with E-state index in [9.17, 15) is 0 Å². The molecule has 1 atom stereocenters. The van der Waals surface area contributed by atoms with Crippen LogP contribution >= 0.6 is 0 Å². The largest absolute Gasteiger partial charge is 0.292 e. The monoisotopic (exact) mass is 263 g/mol. The SMILES string of the molecule is CC1(C)CCCCC(C2CCCC2)N1C1CCCC1. The van der Waals surface area contributed by atoms with E-state index >= 15 is 0 Å². The van der Waals surface area contributed by atoms with E-state index in [0.29, 0.717) is 5.54 Å². The molecule has 19 heavy (non-hydrogen) atoms. The second-order valence-corrected chi connectivity index (χ2v) is 8.02. The minimum absolute atomic E-state index is 0.457. The van der Waals surface area contributed by atoms with Gasteiger partial charge >= 0.3 is 0 Å². The Labute approximate surface area is 120 Å². The minimum atomic E-state index is 0.457. The summed E-state index contributed by atoms with van der Waals surface area (Å²) in [6.45, 7) is 5.08. The highest BCUT2D eigenvalue weighted by Gasteiger charge is 2.42. The number of hydrogen-bond acceptors (Lipinski definition) is 1. The molecule has 0 radical (unpaired) electrons. The van der Waals surface area contributed by atoms with Crippen LogP contribution in [0.5, 0.6) is 0 Å². The van der Waals surface area contributed by atoms with Gasteiger partial charge in [0.15, 0.2) is 0 Å². The Bertz CT molecular complexity index is 284. The molecule has 0 aromatic rings. The van der Waals surface area contributed by atoms with Crippen LogP contribution in [-0.4, -0.2) is 22.5 Å². The molecule has 0 amide bonds. The Morgan fingerprint density at radius 2 is 1.32 bits per heavy atom. The van der Waals surface area contributed by atoms with E-state index in [-0.39, 0.29) is 0 Å². The molecule has 0 aromatic heterocycles. The minimum Gasteiger partial charge on any atom is -0.292 e. The Balaban J connectivity index is 1.83. The van der Waals surface area contributed by atoms with Gasteiger partial charge in [-0.1, -0.05) is 38.5 Å². The first-order valence-electron chi connectivity index (χ1n) is 8.97. The van der Waals surface area contributed by atoms with Gasteiger partial charge in [0.25, 0.3) is 0 Å². The van der Waals surface area contributed by atoms with Gasteiger partial charge in [-0.3, -0.25) is 4.90 Å². The molecule has 1 nitrogen and oxygen atoms in total. The van der Waals surface area contributed by atoms with Crippen LogP contribution in [0.1, 0.15) is 90.9 Å². The predicted molar refractivity (Wildman–Crippen MR) is 82.4 cm³/mol. The number of hydrogen-bond donors (Lipinski definition) is 0. The van der Waals surface area contributed by atoms with E-state index in [1.807, 2.05) is 0 Å². The molecular formula is C18H33N. The molecular weight excluding hydrogens is 230 g/mol. The van der Waals surface area contributed by atoms with Gasteiger partial charge in [0.2, 0.25) is 0 Å². The first-order valence-corrected chi connectivity index (χ1v) is 8.97. The van der Waals surface area contributed by atoms with Crippen LogP contribution in [0.15, 0.2) is 0 Å². The van der Waals surface area contributed by atoms with E-state index < -0.39 is 0 Å². The van der Waals surface area contributed by atoms with Gasteiger partial charge in [-0.15, -0.1) is 0 Å². The highest BCUT2D eigenvalue weighted by Crippen LogP contribution is 2.43. The maximum atomic E-state index is 3.04. The fourth-order valence-corrected chi connectivity index (χ4v) is 5.38. The van der Waals surface area contributed by atoms with Crippen molar-refractivity contribution in [3.8, 4) is 0 Å². The van der Waals surface area contributed by atoms with Crippen molar-refractivity contribution in [2.45, 2.75) is 109 Å². The molecule has 2 saturated carbocycles. The third-order valence-corrected chi connectivity index (χ3v) is 6.26. The average Bonchev–Trinajstić information content (AvgIpc) is 3.03. The van der Waals surface area contributed by atoms with Crippen LogP contribution < -0.4 is 0 Å². The van der Waals surface area contributed by atoms with E-state index in [4.69, 9.17) is 0 Å². The lowest BCUT2D eigenvalue weighted by molar-refractivity contribution is 0.00228. The van der Waals surface area contributed by atoms with Crippen molar-refractivity contribution in [3.05, 3.63) is 0 Å². The summed E-state index contributed by atoms with van der Waals surface area (Å²) in [5.74, 6) is 1.03. The summed E-state index contributed by atoms with van der Waals surface area (Å²) in [5, 5.41) is 0. The molecule has 0 aromatic carbocycles. The van der Waals surface area contributed by atoms with Crippen LogP contribution in [0.2, 0.25) is 0 Å². The smallest absolute Gasteiger partial charge is 0.0159 e. The van der Waals surface area contributed by atoms with Crippen LogP contribution in [0.3, 0.4) is 0 Å². The quantitative estimate of drug-likeness (QED) is 0.666. The third kappa shape index (κ3) is 2.86. The van der Waals surface area contributed by atoms with E-state index in [1.54, 1.807) is 0 Å². The lowest BCUT2D eigenvalue weighted by Gasteiger charge is -2.48. The highest BCUT2D eigenvalue weighted by molar-refractivity contribution is 4.97. The van der Waals surface area contributed by atoms with Gasteiger partial charge < -0.3 is 0 Å². The first-order chi connectivity index (χ1) is 9.18. The molecule has 1 heterocycles. The fourth-order valence-electron chi connectivity index (χ4n) is 5.38. The molecule has 110 valence electrons. The summed E-state index contributed by atoms with van der Waals surface area (Å²) < 4.78 is 0. The van der Waals surface area contributed by atoms with Gasteiger partial charge in [-0.2, -0.15) is 0 Å². The van der Waals surface area contributed by atoms with Crippen LogP contribution in [-0.2, 0) is 0 Å². The Kier molecular flexibility index (Phi) is 4.22. The standard InChI is InChI=1S/C18H33N/c1-18(2)14-8-7-13-17(15-9-3-4-10-15)19(18)16-11-5-6-12-16/h15-17H,3-14H2,1-2H3. The first kappa shape index (κ1) is 13.9. The number of nitrogens with zero attached hydrogens (tertiary/aromatic N) is 1. The summed E-state index contributed by atoms with van der Waals surface area (Å²) in [6.07, 6.45) is 17.8. The van der Waals surface area contributed by atoms with Crippen LogP contribution in [0.25, 0.3) is 0 Å².